The molecule has 3 aromatic carbocycles. The van der Waals surface area contributed by atoms with Gasteiger partial charge in [-0.1, -0.05) is 43.0 Å². The van der Waals surface area contributed by atoms with E-state index in [-0.39, 0.29) is 18.3 Å². The van der Waals surface area contributed by atoms with Crippen LogP contribution in [0.5, 0.6) is 5.75 Å². The summed E-state index contributed by atoms with van der Waals surface area (Å²) >= 11 is 3.00. The zero-order valence-corrected chi connectivity index (χ0v) is 23.5. The van der Waals surface area contributed by atoms with Crippen LogP contribution < -0.4 is 10.1 Å². The van der Waals surface area contributed by atoms with Crippen LogP contribution in [0.2, 0.25) is 0 Å². The van der Waals surface area contributed by atoms with Crippen molar-refractivity contribution in [1.82, 2.24) is 19.7 Å². The summed E-state index contributed by atoms with van der Waals surface area (Å²) in [6.45, 7) is 8.85. The highest BCUT2D eigenvalue weighted by molar-refractivity contribution is 7.99. The van der Waals surface area contributed by atoms with Crippen LogP contribution in [-0.2, 0) is 24.4 Å². The third kappa shape index (κ3) is 6.55. The first-order valence-corrected chi connectivity index (χ1v) is 14.5. The number of thioether (sulfide) groups is 1. The number of rotatable bonds is 11. The van der Waals surface area contributed by atoms with Crippen LogP contribution in [0.25, 0.3) is 20.8 Å². The van der Waals surface area contributed by atoms with E-state index >= 15 is 0 Å². The summed E-state index contributed by atoms with van der Waals surface area (Å²) < 4.78 is 9.00. The summed E-state index contributed by atoms with van der Waals surface area (Å²) in [6.07, 6.45) is 2.76. The molecular weight excluding hydrogens is 526 g/mol. The lowest BCUT2D eigenvalue weighted by atomic mass is 10.2. The van der Waals surface area contributed by atoms with Gasteiger partial charge in [-0.15, -0.1) is 28.1 Å². The van der Waals surface area contributed by atoms with Crippen molar-refractivity contribution in [3.63, 3.8) is 0 Å². The van der Waals surface area contributed by atoms with Crippen molar-refractivity contribution >= 4 is 44.9 Å². The number of anilines is 1. The van der Waals surface area contributed by atoms with Crippen molar-refractivity contribution in [2.75, 3.05) is 11.1 Å². The molecule has 5 aromatic rings. The van der Waals surface area contributed by atoms with Crippen molar-refractivity contribution in [2.24, 2.45) is 0 Å². The van der Waals surface area contributed by atoms with Crippen molar-refractivity contribution in [1.29, 1.82) is 0 Å². The molecule has 5 rings (SSSR count). The molecular formula is C30H29N5O2S2. The van der Waals surface area contributed by atoms with Crippen molar-refractivity contribution in [2.45, 2.75) is 38.6 Å². The molecule has 1 amide bonds. The predicted molar refractivity (Wildman–Crippen MR) is 160 cm³/mol. The molecule has 0 bridgehead atoms. The number of hydrogen-bond acceptors (Lipinski definition) is 7. The molecule has 2 aromatic heterocycles. The molecule has 0 spiro atoms. The Morgan fingerprint density at radius 1 is 1.10 bits per heavy atom. The topological polar surface area (TPSA) is 81.9 Å². The fourth-order valence-electron chi connectivity index (χ4n) is 3.99. The van der Waals surface area contributed by atoms with Crippen LogP contribution in [0.15, 0.2) is 84.5 Å². The number of nitrogens with one attached hydrogen (secondary N) is 1. The van der Waals surface area contributed by atoms with E-state index in [0.29, 0.717) is 17.5 Å². The molecule has 0 saturated heterocycles. The maximum Gasteiger partial charge on any atom is 0.234 e. The first-order valence-electron chi connectivity index (χ1n) is 12.7. The number of aryl methyl sites for hydroxylation is 2. The summed E-state index contributed by atoms with van der Waals surface area (Å²) in [7, 11) is 0. The molecule has 0 saturated carbocycles. The van der Waals surface area contributed by atoms with Gasteiger partial charge in [-0.25, -0.2) is 4.98 Å². The van der Waals surface area contributed by atoms with E-state index in [0.717, 1.165) is 33.9 Å². The minimum Gasteiger partial charge on any atom is -0.486 e. The van der Waals surface area contributed by atoms with Gasteiger partial charge >= 0.3 is 0 Å². The lowest BCUT2D eigenvalue weighted by molar-refractivity contribution is -0.113. The molecule has 0 aliphatic heterocycles. The number of thiazole rings is 1. The number of amides is 1. The lowest BCUT2D eigenvalue weighted by Gasteiger charge is -2.10. The summed E-state index contributed by atoms with van der Waals surface area (Å²) in [5.41, 5.74) is 5.23. The quantitative estimate of drug-likeness (QED) is 0.141. The number of ether oxygens (including phenoxy) is 1. The second kappa shape index (κ2) is 12.3. The summed E-state index contributed by atoms with van der Waals surface area (Å²) in [5, 5.41) is 13.1. The zero-order valence-electron chi connectivity index (χ0n) is 21.9. The molecule has 7 nitrogen and oxygen atoms in total. The van der Waals surface area contributed by atoms with Crippen molar-refractivity contribution in [3.05, 3.63) is 96.3 Å². The third-order valence-electron chi connectivity index (χ3n) is 6.10. The van der Waals surface area contributed by atoms with Gasteiger partial charge in [0, 0.05) is 17.8 Å². The second-order valence-corrected chi connectivity index (χ2v) is 11.0. The van der Waals surface area contributed by atoms with Crippen LogP contribution in [0.3, 0.4) is 0 Å². The molecule has 0 radical (unpaired) electrons. The molecule has 2 heterocycles. The average molecular weight is 556 g/mol. The summed E-state index contributed by atoms with van der Waals surface area (Å²) in [5.74, 6) is 1.54. The zero-order chi connectivity index (χ0) is 27.2. The Morgan fingerprint density at radius 2 is 1.90 bits per heavy atom. The lowest BCUT2D eigenvalue weighted by Crippen LogP contribution is -2.15. The van der Waals surface area contributed by atoms with Gasteiger partial charge < -0.3 is 10.1 Å². The number of fused-ring (bicyclic) bond motifs is 1. The average Bonchev–Trinajstić information content (AvgIpc) is 3.55. The second-order valence-electron chi connectivity index (χ2n) is 8.99. The maximum absolute atomic E-state index is 12.7. The Hall–Kier alpha value is -3.95. The van der Waals surface area contributed by atoms with Crippen LogP contribution in [-0.4, -0.2) is 31.4 Å². The van der Waals surface area contributed by atoms with Gasteiger partial charge in [0.25, 0.3) is 0 Å². The van der Waals surface area contributed by atoms with Gasteiger partial charge in [0.1, 0.15) is 17.4 Å². The Kier molecular flexibility index (Phi) is 8.39. The Labute approximate surface area is 236 Å². The molecule has 0 aliphatic rings. The molecule has 0 atom stereocenters. The molecule has 1 N–H and O–H groups in total. The highest BCUT2D eigenvalue weighted by Gasteiger charge is 2.15. The van der Waals surface area contributed by atoms with Gasteiger partial charge in [0.2, 0.25) is 5.91 Å². The highest BCUT2D eigenvalue weighted by Crippen LogP contribution is 2.31. The molecule has 198 valence electrons. The van der Waals surface area contributed by atoms with Gasteiger partial charge in [-0.05, 0) is 73.0 Å². The summed E-state index contributed by atoms with van der Waals surface area (Å²) in [6, 6.07) is 22.1. The normalized spacial score (nSPS) is 11.0. The van der Waals surface area contributed by atoms with Crippen LogP contribution in [0, 0.1) is 6.92 Å². The molecule has 0 fully saturated rings. The van der Waals surface area contributed by atoms with Crippen LogP contribution in [0.1, 0.15) is 23.9 Å². The fourth-order valence-corrected chi connectivity index (χ4v) is 5.83. The number of hydrogen-bond donors (Lipinski definition) is 1. The number of nitrogens with zero attached hydrogens (tertiary/aromatic N) is 4. The Bertz CT molecular complexity index is 1590. The van der Waals surface area contributed by atoms with Crippen LogP contribution in [0.4, 0.5) is 5.69 Å². The first-order chi connectivity index (χ1) is 19.0. The first kappa shape index (κ1) is 26.6. The number of benzene rings is 3. The van der Waals surface area contributed by atoms with Gasteiger partial charge in [-0.3, -0.25) is 9.36 Å². The Morgan fingerprint density at radius 3 is 2.64 bits per heavy atom. The fraction of sp³-hybridized carbons (Fsp3) is 0.200. The van der Waals surface area contributed by atoms with E-state index in [1.807, 2.05) is 47.0 Å². The monoisotopic (exact) mass is 555 g/mol. The van der Waals surface area contributed by atoms with Gasteiger partial charge in [0.05, 0.1) is 16.0 Å². The number of carbonyl (C=O) groups is 1. The maximum atomic E-state index is 12.7. The number of carbonyl (C=O) groups excluding carboxylic acids is 1. The smallest absolute Gasteiger partial charge is 0.234 e. The van der Waals surface area contributed by atoms with E-state index in [1.54, 1.807) is 17.4 Å². The van der Waals surface area contributed by atoms with Crippen LogP contribution >= 0.6 is 23.1 Å². The Balaban J connectivity index is 1.17. The largest absolute Gasteiger partial charge is 0.486 e. The molecule has 9 heteroatoms. The minimum atomic E-state index is -0.120. The van der Waals surface area contributed by atoms with Crippen molar-refractivity contribution < 1.29 is 9.53 Å². The van der Waals surface area contributed by atoms with E-state index in [2.05, 4.69) is 60.2 Å². The number of aromatic nitrogens is 4. The van der Waals surface area contributed by atoms with E-state index in [9.17, 15) is 4.79 Å². The van der Waals surface area contributed by atoms with Crippen molar-refractivity contribution in [3.8, 4) is 16.3 Å². The third-order valence-corrected chi connectivity index (χ3v) is 8.13. The highest BCUT2D eigenvalue weighted by atomic mass is 32.2. The summed E-state index contributed by atoms with van der Waals surface area (Å²) in [4.78, 5) is 17.4. The standard InChI is InChI=1S/C30H29N5O2S2/c1-4-16-35-27(18-37-24-13-7-21(5-2)8-14-24)33-34-30(35)38-19-28(36)31-23-11-9-22(10-12-23)29-32-25-15-6-20(3)17-26(25)39-29/h4,6-15,17H,1,5,16,18-19H2,2-3H3,(H,31,36). The molecule has 0 aliphatic carbocycles. The van der Waals surface area contributed by atoms with E-state index in [4.69, 9.17) is 9.72 Å². The molecule has 0 unspecified atom stereocenters. The van der Waals surface area contributed by atoms with Gasteiger partial charge in [-0.2, -0.15) is 0 Å². The predicted octanol–water partition coefficient (Wildman–Crippen LogP) is 6.92. The molecule has 39 heavy (non-hydrogen) atoms. The SMILES string of the molecule is C=CCn1c(COc2ccc(CC)cc2)nnc1SCC(=O)Nc1ccc(-c2nc3ccc(C)cc3s2)cc1. The minimum absolute atomic E-state index is 0.120. The number of allylic oxidation sites excluding steroid dienone is 1. The van der Waals surface area contributed by atoms with E-state index < -0.39 is 0 Å². The van der Waals surface area contributed by atoms with Gasteiger partial charge in [0.15, 0.2) is 11.0 Å². The van der Waals surface area contributed by atoms with E-state index in [1.165, 1.54) is 27.6 Å².